The van der Waals surface area contributed by atoms with Crippen LogP contribution in [0.25, 0.3) is 0 Å². The molecule has 0 aromatic rings. The summed E-state index contributed by atoms with van der Waals surface area (Å²) in [6.07, 6.45) is 2.53. The predicted octanol–water partition coefficient (Wildman–Crippen LogP) is 3.29. The summed E-state index contributed by atoms with van der Waals surface area (Å²) >= 11 is 0. The highest BCUT2D eigenvalue weighted by Crippen LogP contribution is 2.16. The van der Waals surface area contributed by atoms with Gasteiger partial charge in [-0.1, -0.05) is 41.0 Å². The van der Waals surface area contributed by atoms with Crippen LogP contribution >= 0.6 is 0 Å². The molecule has 2 nitrogen and oxygen atoms in total. The molecule has 0 spiro atoms. The van der Waals surface area contributed by atoms with Gasteiger partial charge in [0.25, 0.3) is 0 Å². The first-order valence-electron chi connectivity index (χ1n) is 6.81. The van der Waals surface area contributed by atoms with E-state index in [0.29, 0.717) is 0 Å². The Hall–Kier alpha value is -0.0800. The van der Waals surface area contributed by atoms with E-state index in [9.17, 15) is 0 Å². The van der Waals surface area contributed by atoms with Crippen molar-refractivity contribution in [3.05, 3.63) is 0 Å². The smallest absolute Gasteiger partial charge is 0.0503 e. The molecule has 0 N–H and O–H groups in total. The summed E-state index contributed by atoms with van der Waals surface area (Å²) in [5.41, 5.74) is 0. The van der Waals surface area contributed by atoms with Crippen molar-refractivity contribution in [2.24, 2.45) is 11.8 Å². The molecule has 0 rings (SSSR count). The lowest BCUT2D eigenvalue weighted by Gasteiger charge is -2.35. The molecule has 2 heteroatoms. The lowest BCUT2D eigenvalue weighted by molar-refractivity contribution is 0.0973. The van der Waals surface area contributed by atoms with Gasteiger partial charge in [0.2, 0.25) is 0 Å². The van der Waals surface area contributed by atoms with Crippen molar-refractivity contribution in [3.8, 4) is 0 Å². The highest BCUT2D eigenvalue weighted by atomic mass is 15.3. The Morgan fingerprint density at radius 3 is 1.88 bits per heavy atom. The minimum absolute atomic E-state index is 0.722. The molecule has 0 aromatic carbocycles. The maximum absolute atomic E-state index is 2.51. The maximum Gasteiger partial charge on any atom is 0.0503 e. The van der Waals surface area contributed by atoms with Gasteiger partial charge in [0, 0.05) is 12.6 Å². The normalized spacial score (nSPS) is 16.1. The quantitative estimate of drug-likeness (QED) is 0.588. The number of hydrogen-bond donors (Lipinski definition) is 0. The molecule has 2 atom stereocenters. The van der Waals surface area contributed by atoms with Gasteiger partial charge in [-0.25, -0.2) is 0 Å². The molecule has 0 aliphatic carbocycles. The van der Waals surface area contributed by atoms with Gasteiger partial charge >= 0.3 is 0 Å². The molecule has 0 aliphatic rings. The lowest BCUT2D eigenvalue weighted by atomic mass is 9.96. The fourth-order valence-electron chi connectivity index (χ4n) is 2.59. The molecular formula is C14H32N2. The van der Waals surface area contributed by atoms with E-state index in [0.717, 1.165) is 24.5 Å². The molecule has 0 saturated heterocycles. The van der Waals surface area contributed by atoms with Crippen LogP contribution in [0, 0.1) is 11.8 Å². The Morgan fingerprint density at radius 2 is 1.50 bits per heavy atom. The van der Waals surface area contributed by atoms with Crippen molar-refractivity contribution in [1.29, 1.82) is 0 Å². The Kier molecular flexibility index (Phi) is 8.04. The summed E-state index contributed by atoms with van der Waals surface area (Å²) in [5, 5.41) is 0. The van der Waals surface area contributed by atoms with E-state index in [1.807, 2.05) is 0 Å². The monoisotopic (exact) mass is 228 g/mol. The summed E-state index contributed by atoms with van der Waals surface area (Å²) in [5.74, 6) is 1.55. The highest BCUT2D eigenvalue weighted by molar-refractivity contribution is 4.72. The van der Waals surface area contributed by atoms with Crippen molar-refractivity contribution >= 4 is 0 Å². The molecule has 0 fully saturated rings. The first-order chi connectivity index (χ1) is 7.42. The zero-order valence-corrected chi connectivity index (χ0v) is 12.5. The van der Waals surface area contributed by atoms with E-state index in [-0.39, 0.29) is 0 Å². The standard InChI is InChI=1S/C14H32N2/c1-8-13(5)14(9-2)16(7)11-15(6)10-12(3)4/h12-14H,8-11H2,1-7H3. The van der Waals surface area contributed by atoms with Gasteiger partial charge in [0.05, 0.1) is 6.67 Å². The van der Waals surface area contributed by atoms with Crippen molar-refractivity contribution in [1.82, 2.24) is 9.80 Å². The van der Waals surface area contributed by atoms with Gasteiger partial charge in [-0.2, -0.15) is 0 Å². The third-order valence-electron chi connectivity index (χ3n) is 3.43. The van der Waals surface area contributed by atoms with Crippen LogP contribution in [0.15, 0.2) is 0 Å². The van der Waals surface area contributed by atoms with E-state index < -0.39 is 0 Å². The summed E-state index contributed by atoms with van der Waals surface area (Å²) in [6.45, 7) is 13.8. The van der Waals surface area contributed by atoms with Crippen LogP contribution in [0.4, 0.5) is 0 Å². The van der Waals surface area contributed by atoms with Crippen molar-refractivity contribution in [2.75, 3.05) is 27.3 Å². The molecule has 0 heterocycles. The van der Waals surface area contributed by atoms with Crippen LogP contribution in [0.5, 0.6) is 0 Å². The van der Waals surface area contributed by atoms with Crippen LogP contribution in [-0.2, 0) is 0 Å². The zero-order valence-electron chi connectivity index (χ0n) is 12.5. The largest absolute Gasteiger partial charge is 0.293 e. The minimum Gasteiger partial charge on any atom is -0.293 e. The van der Waals surface area contributed by atoms with Crippen molar-refractivity contribution in [2.45, 2.75) is 53.5 Å². The fourth-order valence-corrected chi connectivity index (χ4v) is 2.59. The SMILES string of the molecule is CCC(C)C(CC)N(C)CN(C)CC(C)C. The number of hydrogen-bond acceptors (Lipinski definition) is 2. The molecule has 2 unspecified atom stereocenters. The van der Waals surface area contributed by atoms with Crippen LogP contribution in [0.1, 0.15) is 47.5 Å². The molecule has 0 saturated carbocycles. The van der Waals surface area contributed by atoms with Crippen LogP contribution in [-0.4, -0.2) is 43.2 Å². The van der Waals surface area contributed by atoms with E-state index >= 15 is 0 Å². The van der Waals surface area contributed by atoms with E-state index in [1.54, 1.807) is 0 Å². The van der Waals surface area contributed by atoms with Crippen molar-refractivity contribution in [3.63, 3.8) is 0 Å². The fraction of sp³-hybridized carbons (Fsp3) is 1.00. The molecule has 0 bridgehead atoms. The zero-order chi connectivity index (χ0) is 12.7. The van der Waals surface area contributed by atoms with Crippen LogP contribution in [0.3, 0.4) is 0 Å². The van der Waals surface area contributed by atoms with Gasteiger partial charge in [-0.15, -0.1) is 0 Å². The summed E-state index contributed by atoms with van der Waals surface area (Å²) < 4.78 is 0. The van der Waals surface area contributed by atoms with Gasteiger partial charge < -0.3 is 0 Å². The second-order valence-corrected chi connectivity index (χ2v) is 5.69. The molecule has 0 amide bonds. The molecular weight excluding hydrogens is 196 g/mol. The van der Waals surface area contributed by atoms with E-state index in [4.69, 9.17) is 0 Å². The summed E-state index contributed by atoms with van der Waals surface area (Å²) in [6, 6.07) is 0.722. The summed E-state index contributed by atoms with van der Waals surface area (Å²) in [7, 11) is 4.48. The Bertz CT molecular complexity index is 168. The third kappa shape index (κ3) is 5.86. The Morgan fingerprint density at radius 1 is 0.938 bits per heavy atom. The second-order valence-electron chi connectivity index (χ2n) is 5.69. The topological polar surface area (TPSA) is 6.48 Å². The van der Waals surface area contributed by atoms with Crippen molar-refractivity contribution < 1.29 is 0 Å². The third-order valence-corrected chi connectivity index (χ3v) is 3.43. The average molecular weight is 228 g/mol. The minimum atomic E-state index is 0.722. The first kappa shape index (κ1) is 15.9. The number of rotatable bonds is 8. The van der Waals surface area contributed by atoms with Crippen LogP contribution in [0.2, 0.25) is 0 Å². The molecule has 16 heavy (non-hydrogen) atoms. The first-order valence-corrected chi connectivity index (χ1v) is 6.81. The lowest BCUT2D eigenvalue weighted by Crippen LogP contribution is -2.43. The Labute approximate surface area is 103 Å². The second kappa shape index (κ2) is 8.08. The molecule has 0 aliphatic heterocycles. The van der Waals surface area contributed by atoms with Gasteiger partial charge in [0.15, 0.2) is 0 Å². The van der Waals surface area contributed by atoms with E-state index in [1.165, 1.54) is 19.4 Å². The summed E-state index contributed by atoms with van der Waals surface area (Å²) in [4.78, 5) is 4.94. The van der Waals surface area contributed by atoms with Gasteiger partial charge in [-0.3, -0.25) is 9.80 Å². The number of nitrogens with zero attached hydrogens (tertiary/aromatic N) is 2. The molecule has 98 valence electrons. The van der Waals surface area contributed by atoms with Gasteiger partial charge in [-0.05, 0) is 32.4 Å². The molecule has 0 radical (unpaired) electrons. The maximum atomic E-state index is 2.51. The predicted molar refractivity (Wildman–Crippen MR) is 73.6 cm³/mol. The van der Waals surface area contributed by atoms with E-state index in [2.05, 4.69) is 58.5 Å². The highest BCUT2D eigenvalue weighted by Gasteiger charge is 2.19. The Balaban J connectivity index is 4.14. The molecule has 0 aromatic heterocycles. The van der Waals surface area contributed by atoms with Gasteiger partial charge in [0.1, 0.15) is 0 Å². The average Bonchev–Trinajstić information content (AvgIpc) is 2.16. The van der Waals surface area contributed by atoms with Crippen LogP contribution < -0.4 is 0 Å².